The number of rotatable bonds is 6. The Kier molecular flexibility index (Phi) is 6.60. The van der Waals surface area contributed by atoms with Crippen molar-refractivity contribution in [1.29, 1.82) is 0 Å². The third kappa shape index (κ3) is 4.62. The topological polar surface area (TPSA) is 130 Å². The molecule has 2 N–H and O–H groups in total. The van der Waals surface area contributed by atoms with Crippen LogP contribution < -0.4 is 20.3 Å². The number of benzene rings is 1. The molecule has 0 spiro atoms. The first kappa shape index (κ1) is 25.4. The fraction of sp³-hybridized carbons (Fsp3) is 0.214. The number of urea groups is 1. The SMILES string of the molecule is C=CC(=O)N1CCCC(NC(=O)c2sc3nccc4c3c2NC(=O)N4c2ncc(Oc3ccccc3)nc2C)C1. The molecule has 0 saturated carbocycles. The van der Waals surface area contributed by atoms with Crippen molar-refractivity contribution in [1.82, 2.24) is 25.2 Å². The first-order valence-electron chi connectivity index (χ1n) is 12.7. The first-order valence-corrected chi connectivity index (χ1v) is 13.6. The van der Waals surface area contributed by atoms with Crippen molar-refractivity contribution >= 4 is 56.6 Å². The van der Waals surface area contributed by atoms with Gasteiger partial charge in [0.1, 0.15) is 15.5 Å². The van der Waals surface area contributed by atoms with Gasteiger partial charge in [-0.15, -0.1) is 11.3 Å². The molecule has 6 rings (SSSR count). The number of piperidine rings is 1. The van der Waals surface area contributed by atoms with E-state index in [0.717, 1.165) is 12.8 Å². The fourth-order valence-corrected chi connectivity index (χ4v) is 5.98. The van der Waals surface area contributed by atoms with Crippen LogP contribution in [0.1, 0.15) is 28.2 Å². The molecule has 0 aliphatic carbocycles. The zero-order valence-corrected chi connectivity index (χ0v) is 22.4. The van der Waals surface area contributed by atoms with Crippen LogP contribution in [0.5, 0.6) is 11.6 Å². The number of thiophene rings is 1. The lowest BCUT2D eigenvalue weighted by atomic mass is 10.1. The Balaban J connectivity index is 1.29. The Labute approximate surface area is 233 Å². The molecule has 2 aliphatic rings. The van der Waals surface area contributed by atoms with E-state index in [1.54, 1.807) is 24.1 Å². The van der Waals surface area contributed by atoms with Crippen LogP contribution in [-0.2, 0) is 4.79 Å². The summed E-state index contributed by atoms with van der Waals surface area (Å²) in [6.45, 7) is 6.33. The molecule has 1 unspecified atom stereocenters. The predicted octanol–water partition coefficient (Wildman–Crippen LogP) is 4.78. The molecule has 4 aromatic rings. The molecule has 4 amide bonds. The molecule has 3 aromatic heterocycles. The predicted molar refractivity (Wildman–Crippen MR) is 151 cm³/mol. The molecule has 1 aromatic carbocycles. The number of pyridine rings is 1. The second kappa shape index (κ2) is 10.4. The zero-order chi connectivity index (χ0) is 27.8. The van der Waals surface area contributed by atoms with Gasteiger partial charge >= 0.3 is 6.03 Å². The van der Waals surface area contributed by atoms with Crippen LogP contribution in [-0.4, -0.2) is 56.8 Å². The molecule has 0 radical (unpaired) electrons. The average molecular weight is 556 g/mol. The van der Waals surface area contributed by atoms with Crippen LogP contribution in [0.3, 0.4) is 0 Å². The Bertz CT molecular complexity index is 1660. The number of aromatic nitrogens is 3. The van der Waals surface area contributed by atoms with Crippen molar-refractivity contribution in [2.24, 2.45) is 0 Å². The molecule has 5 heterocycles. The van der Waals surface area contributed by atoms with Crippen LogP contribution in [0.15, 0.2) is 61.4 Å². The van der Waals surface area contributed by atoms with Gasteiger partial charge in [-0.2, -0.15) is 0 Å². The zero-order valence-electron chi connectivity index (χ0n) is 21.6. The summed E-state index contributed by atoms with van der Waals surface area (Å²) >= 11 is 1.20. The summed E-state index contributed by atoms with van der Waals surface area (Å²) in [4.78, 5) is 56.4. The summed E-state index contributed by atoms with van der Waals surface area (Å²) < 4.78 is 5.79. The summed E-state index contributed by atoms with van der Waals surface area (Å²) in [5.74, 6) is 0.778. The van der Waals surface area contributed by atoms with E-state index >= 15 is 0 Å². The number of carbonyl (C=O) groups is 3. The van der Waals surface area contributed by atoms with Crippen LogP contribution in [0.4, 0.5) is 22.0 Å². The van der Waals surface area contributed by atoms with Crippen molar-refractivity contribution < 1.29 is 19.1 Å². The maximum Gasteiger partial charge on any atom is 0.332 e. The first-order chi connectivity index (χ1) is 19.4. The van der Waals surface area contributed by atoms with Gasteiger partial charge in [-0.3, -0.25) is 9.59 Å². The quantitative estimate of drug-likeness (QED) is 0.328. The summed E-state index contributed by atoms with van der Waals surface area (Å²) in [7, 11) is 0. The minimum atomic E-state index is -0.470. The van der Waals surface area contributed by atoms with E-state index in [9.17, 15) is 14.4 Å². The number of ether oxygens (including phenoxy) is 1. The van der Waals surface area contributed by atoms with E-state index in [0.29, 0.717) is 62.7 Å². The van der Waals surface area contributed by atoms with Crippen LogP contribution in [0, 0.1) is 6.92 Å². The lowest BCUT2D eigenvalue weighted by Crippen LogP contribution is -2.49. The number of hydrogen-bond donors (Lipinski definition) is 2. The molecule has 11 nitrogen and oxygen atoms in total. The second-order valence-electron chi connectivity index (χ2n) is 9.42. The van der Waals surface area contributed by atoms with Gasteiger partial charge in [-0.1, -0.05) is 24.8 Å². The van der Waals surface area contributed by atoms with Crippen LogP contribution >= 0.6 is 11.3 Å². The average Bonchev–Trinajstić information content (AvgIpc) is 3.33. The molecular weight excluding hydrogens is 530 g/mol. The van der Waals surface area contributed by atoms with Gasteiger partial charge < -0.3 is 20.3 Å². The highest BCUT2D eigenvalue weighted by Gasteiger charge is 2.35. The minimum Gasteiger partial charge on any atom is -0.437 e. The molecule has 40 heavy (non-hydrogen) atoms. The third-order valence-electron chi connectivity index (χ3n) is 6.77. The normalized spacial score (nSPS) is 16.4. The van der Waals surface area contributed by atoms with E-state index in [1.807, 2.05) is 30.3 Å². The number of carbonyl (C=O) groups excluding carboxylic acids is 3. The van der Waals surface area contributed by atoms with Gasteiger partial charge in [0.15, 0.2) is 5.82 Å². The van der Waals surface area contributed by atoms with Gasteiger partial charge in [0, 0.05) is 25.3 Å². The number of para-hydroxylation sites is 1. The van der Waals surface area contributed by atoms with Crippen molar-refractivity contribution in [3.63, 3.8) is 0 Å². The highest BCUT2D eigenvalue weighted by Crippen LogP contribution is 2.45. The number of hydrogen-bond acceptors (Lipinski definition) is 8. The summed E-state index contributed by atoms with van der Waals surface area (Å²) in [6, 6.07) is 10.3. The molecule has 1 saturated heterocycles. The molecule has 0 bridgehead atoms. The summed E-state index contributed by atoms with van der Waals surface area (Å²) in [5, 5.41) is 6.56. The highest BCUT2D eigenvalue weighted by atomic mass is 32.1. The Hall–Kier alpha value is -4.84. The monoisotopic (exact) mass is 555 g/mol. The van der Waals surface area contributed by atoms with Crippen LogP contribution in [0.2, 0.25) is 0 Å². The lowest BCUT2D eigenvalue weighted by molar-refractivity contribution is -0.127. The van der Waals surface area contributed by atoms with Crippen molar-refractivity contribution in [2.45, 2.75) is 25.8 Å². The van der Waals surface area contributed by atoms with E-state index in [-0.39, 0.29) is 17.9 Å². The van der Waals surface area contributed by atoms with Crippen molar-refractivity contribution in [3.8, 4) is 11.6 Å². The molecule has 12 heteroatoms. The number of nitrogens with one attached hydrogen (secondary N) is 2. The van der Waals surface area contributed by atoms with E-state index < -0.39 is 6.03 Å². The van der Waals surface area contributed by atoms with Gasteiger partial charge in [0.05, 0.1) is 28.7 Å². The van der Waals surface area contributed by atoms with E-state index in [1.165, 1.54) is 28.5 Å². The third-order valence-corrected chi connectivity index (χ3v) is 7.87. The van der Waals surface area contributed by atoms with Gasteiger partial charge in [-0.05, 0) is 44.0 Å². The molecule has 1 fully saturated rings. The fourth-order valence-electron chi connectivity index (χ4n) is 4.96. The molecular formula is C28H25N7O4S. The Morgan fingerprint density at radius 2 is 2.05 bits per heavy atom. The molecule has 2 aliphatic heterocycles. The molecule has 202 valence electrons. The largest absolute Gasteiger partial charge is 0.437 e. The van der Waals surface area contributed by atoms with Gasteiger partial charge in [0.25, 0.3) is 5.91 Å². The maximum absolute atomic E-state index is 13.5. The van der Waals surface area contributed by atoms with E-state index in [4.69, 9.17) is 4.74 Å². The smallest absolute Gasteiger partial charge is 0.332 e. The van der Waals surface area contributed by atoms with Gasteiger partial charge in [0.2, 0.25) is 11.8 Å². The molecule has 1 atom stereocenters. The second-order valence-corrected chi connectivity index (χ2v) is 10.4. The Morgan fingerprint density at radius 3 is 2.83 bits per heavy atom. The minimum absolute atomic E-state index is 0.157. The number of anilines is 3. The van der Waals surface area contributed by atoms with Crippen molar-refractivity contribution in [2.75, 3.05) is 23.3 Å². The van der Waals surface area contributed by atoms with Crippen molar-refractivity contribution in [3.05, 3.63) is 72.0 Å². The maximum atomic E-state index is 13.5. The highest BCUT2D eigenvalue weighted by molar-refractivity contribution is 7.21. The number of amides is 4. The summed E-state index contributed by atoms with van der Waals surface area (Å²) in [5.41, 5.74) is 1.45. The Morgan fingerprint density at radius 1 is 1.23 bits per heavy atom. The number of aryl methyl sites for hydroxylation is 1. The standard InChI is InChI=1S/C28H25N7O4S/c1-3-21(36)34-13-7-8-17(15-34)32-26(37)24-23-22-19(11-12-29-27(22)40-24)35(28(38)33-23)25-16(2)31-20(14-30-25)39-18-9-5-4-6-10-18/h3-6,9-12,14,17H,1,7-8,13,15H2,2H3,(H,32,37)(H,33,38). The number of likely N-dealkylation sites (tertiary alicyclic amines) is 1. The summed E-state index contributed by atoms with van der Waals surface area (Å²) in [6.07, 6.45) is 5.87. The number of nitrogens with zero attached hydrogens (tertiary/aromatic N) is 5. The van der Waals surface area contributed by atoms with Crippen LogP contribution in [0.25, 0.3) is 10.2 Å². The van der Waals surface area contributed by atoms with E-state index in [2.05, 4.69) is 32.2 Å². The van der Waals surface area contributed by atoms with Gasteiger partial charge in [-0.25, -0.2) is 24.6 Å². The lowest BCUT2D eigenvalue weighted by Gasteiger charge is -2.32.